The lowest BCUT2D eigenvalue weighted by Crippen LogP contribution is -2.30. The van der Waals surface area contributed by atoms with Crippen molar-refractivity contribution < 1.29 is 51.3 Å². The average Bonchev–Trinajstić information content (AvgIpc) is 3.36. The zero-order valence-electron chi connectivity index (χ0n) is 40.6. The SMILES string of the molecule is CN(CCOCCOCCOCCC(=O)OC(C)(C)C)C(=O)c1cccc(SCc2cccc(C(=O)Nc3ccc(N4CCCCC4)cc3-c3cc(C(=O)NCc4cccc(C(F)(F)F)c4)ccn3)c2)c1. The number of likely N-dealkylation sites (N-methyl/N-ethyl adjacent to an activating group) is 1. The summed E-state index contributed by atoms with van der Waals surface area (Å²) in [6, 6.07) is 28.5. The second-order valence-electron chi connectivity index (χ2n) is 18.0. The van der Waals surface area contributed by atoms with Crippen molar-refractivity contribution in [2.24, 2.45) is 0 Å². The van der Waals surface area contributed by atoms with Crippen LogP contribution in [0.5, 0.6) is 0 Å². The number of rotatable bonds is 23. The number of carbonyl (C=O) groups is 4. The maximum absolute atomic E-state index is 14.0. The molecule has 1 aliphatic rings. The van der Waals surface area contributed by atoms with E-state index in [1.807, 2.05) is 75.4 Å². The molecule has 3 amide bonds. The molecule has 5 aromatic rings. The van der Waals surface area contributed by atoms with Crippen LogP contribution < -0.4 is 15.5 Å². The van der Waals surface area contributed by atoms with Gasteiger partial charge in [0.1, 0.15) is 5.60 Å². The van der Waals surface area contributed by atoms with Gasteiger partial charge in [-0.15, -0.1) is 11.8 Å². The predicted molar refractivity (Wildman–Crippen MR) is 269 cm³/mol. The first-order chi connectivity index (χ1) is 34.0. The molecule has 0 aliphatic carbocycles. The molecule has 1 aromatic heterocycles. The van der Waals surface area contributed by atoms with Gasteiger partial charge in [0.05, 0.1) is 63.0 Å². The molecule has 1 aliphatic heterocycles. The molecular formula is C54H62F3N5O8S. The van der Waals surface area contributed by atoms with E-state index in [-0.39, 0.29) is 42.9 Å². The number of carbonyl (C=O) groups excluding carboxylic acids is 4. The van der Waals surface area contributed by atoms with E-state index in [9.17, 15) is 32.3 Å². The Morgan fingerprint density at radius 2 is 1.39 bits per heavy atom. The van der Waals surface area contributed by atoms with Crippen LogP contribution in [-0.4, -0.2) is 105 Å². The Balaban J connectivity index is 1.01. The minimum atomic E-state index is -4.50. The number of thioether (sulfide) groups is 1. The molecule has 0 unspecified atom stereocenters. The minimum Gasteiger partial charge on any atom is -0.460 e. The van der Waals surface area contributed by atoms with Crippen molar-refractivity contribution in [1.29, 1.82) is 0 Å². The Hall–Kier alpha value is -6.27. The van der Waals surface area contributed by atoms with E-state index in [1.54, 1.807) is 41.9 Å². The van der Waals surface area contributed by atoms with E-state index in [0.29, 0.717) is 79.0 Å². The molecular weight excluding hydrogens is 936 g/mol. The Labute approximate surface area is 417 Å². The first kappa shape index (κ1) is 54.1. The van der Waals surface area contributed by atoms with Gasteiger partial charge < -0.3 is 39.4 Å². The summed E-state index contributed by atoms with van der Waals surface area (Å²) in [6.07, 6.45) is 0.429. The molecule has 0 atom stereocenters. The average molecular weight is 998 g/mol. The van der Waals surface area contributed by atoms with Crippen LogP contribution >= 0.6 is 11.8 Å². The first-order valence-electron chi connectivity index (χ1n) is 23.7. The van der Waals surface area contributed by atoms with Crippen molar-refractivity contribution in [3.63, 3.8) is 0 Å². The molecule has 6 rings (SSSR count). The number of halogens is 3. The van der Waals surface area contributed by atoms with Gasteiger partial charge in [-0.25, -0.2) is 0 Å². The number of amides is 3. The lowest BCUT2D eigenvalue weighted by molar-refractivity contribution is -0.156. The third-order valence-electron chi connectivity index (χ3n) is 11.2. The number of hydrogen-bond acceptors (Lipinski definition) is 11. The predicted octanol–water partition coefficient (Wildman–Crippen LogP) is 10.1. The molecule has 4 aromatic carbocycles. The maximum atomic E-state index is 14.0. The zero-order chi connectivity index (χ0) is 50.8. The highest BCUT2D eigenvalue weighted by molar-refractivity contribution is 7.98. The van der Waals surface area contributed by atoms with Crippen LogP contribution in [0.1, 0.15) is 94.2 Å². The van der Waals surface area contributed by atoms with Gasteiger partial charge in [-0.3, -0.25) is 24.2 Å². The summed E-state index contributed by atoms with van der Waals surface area (Å²) in [6.45, 7) is 9.54. The Morgan fingerprint density at radius 1 is 0.718 bits per heavy atom. The van der Waals surface area contributed by atoms with Crippen molar-refractivity contribution in [2.75, 3.05) is 76.5 Å². The number of aromatic nitrogens is 1. The summed E-state index contributed by atoms with van der Waals surface area (Å²) in [5.74, 6) is -0.742. The van der Waals surface area contributed by atoms with Crippen LogP contribution in [0.15, 0.2) is 114 Å². The van der Waals surface area contributed by atoms with E-state index < -0.39 is 23.2 Å². The van der Waals surface area contributed by atoms with Gasteiger partial charge in [-0.2, -0.15) is 13.2 Å². The Kier molecular flexibility index (Phi) is 20.0. The molecule has 13 nitrogen and oxygen atoms in total. The number of pyridine rings is 1. The second-order valence-corrected chi connectivity index (χ2v) is 19.0. The highest BCUT2D eigenvalue weighted by Crippen LogP contribution is 2.34. The monoisotopic (exact) mass is 997 g/mol. The lowest BCUT2D eigenvalue weighted by atomic mass is 10.0. The van der Waals surface area contributed by atoms with Crippen molar-refractivity contribution in [1.82, 2.24) is 15.2 Å². The van der Waals surface area contributed by atoms with Gasteiger partial charge in [0.15, 0.2) is 0 Å². The molecule has 0 radical (unpaired) electrons. The van der Waals surface area contributed by atoms with E-state index >= 15 is 0 Å². The number of esters is 1. The summed E-state index contributed by atoms with van der Waals surface area (Å²) in [5, 5.41) is 5.79. The number of hydrogen-bond donors (Lipinski definition) is 2. The van der Waals surface area contributed by atoms with Gasteiger partial charge in [0, 0.05) is 78.0 Å². The zero-order valence-corrected chi connectivity index (χ0v) is 41.5. The number of nitrogens with one attached hydrogen (secondary N) is 2. The van der Waals surface area contributed by atoms with E-state index in [2.05, 4.69) is 20.5 Å². The molecule has 0 spiro atoms. The standard InChI is InChI=1S/C54H62F3N5O8S/c1-53(2,3)70-49(63)20-25-67-27-29-69-30-28-68-26-24-61(4)52(66)42-14-10-16-45(33-42)71-37-39-12-8-13-40(31-39)51(65)60-47-18-17-44(62-22-6-5-7-23-62)35-46(47)48-34-41(19-21-58-48)50(64)59-36-38-11-9-15-43(32-38)54(55,56)57/h8-19,21,31-35H,5-7,20,22-30,36-37H2,1-4H3,(H,59,64)(H,60,65). The van der Waals surface area contributed by atoms with Gasteiger partial charge >= 0.3 is 12.1 Å². The number of benzene rings is 4. The number of anilines is 2. The van der Waals surface area contributed by atoms with Crippen molar-refractivity contribution in [3.8, 4) is 11.3 Å². The van der Waals surface area contributed by atoms with Crippen LogP contribution in [-0.2, 0) is 42.2 Å². The Bertz CT molecular complexity index is 2580. The smallest absolute Gasteiger partial charge is 0.416 e. The first-order valence-corrected chi connectivity index (χ1v) is 24.6. The number of ether oxygens (including phenoxy) is 4. The molecule has 17 heteroatoms. The van der Waals surface area contributed by atoms with Gasteiger partial charge in [0.25, 0.3) is 17.7 Å². The third kappa shape index (κ3) is 17.5. The Morgan fingerprint density at radius 3 is 2.14 bits per heavy atom. The number of alkyl halides is 3. The third-order valence-corrected chi connectivity index (χ3v) is 12.3. The molecule has 1 fully saturated rings. The molecule has 2 heterocycles. The highest BCUT2D eigenvalue weighted by atomic mass is 32.2. The molecule has 0 bridgehead atoms. The van der Waals surface area contributed by atoms with Crippen LogP contribution in [0.25, 0.3) is 11.3 Å². The van der Waals surface area contributed by atoms with E-state index in [0.717, 1.165) is 60.6 Å². The van der Waals surface area contributed by atoms with Crippen molar-refractivity contribution in [3.05, 3.63) is 143 Å². The quantitative estimate of drug-likeness (QED) is 0.0366. The summed E-state index contributed by atoms with van der Waals surface area (Å²) >= 11 is 1.54. The van der Waals surface area contributed by atoms with Crippen LogP contribution in [0.3, 0.4) is 0 Å². The maximum Gasteiger partial charge on any atom is 0.416 e. The number of piperidine rings is 1. The van der Waals surface area contributed by atoms with Crippen LogP contribution in [0.4, 0.5) is 24.5 Å². The second kappa shape index (κ2) is 26.3. The molecule has 0 saturated carbocycles. The number of nitrogens with zero attached hydrogens (tertiary/aromatic N) is 3. The molecule has 71 heavy (non-hydrogen) atoms. The van der Waals surface area contributed by atoms with Crippen molar-refractivity contribution >= 4 is 46.8 Å². The fourth-order valence-electron chi connectivity index (χ4n) is 7.56. The largest absolute Gasteiger partial charge is 0.460 e. The van der Waals surface area contributed by atoms with Gasteiger partial charge in [0.2, 0.25) is 0 Å². The van der Waals surface area contributed by atoms with E-state index in [1.165, 1.54) is 24.4 Å². The lowest BCUT2D eigenvalue weighted by Gasteiger charge is -2.29. The van der Waals surface area contributed by atoms with Crippen LogP contribution in [0, 0.1) is 0 Å². The summed E-state index contributed by atoms with van der Waals surface area (Å²) in [7, 11) is 1.72. The van der Waals surface area contributed by atoms with Gasteiger partial charge in [-0.1, -0.05) is 30.3 Å². The van der Waals surface area contributed by atoms with Crippen molar-refractivity contribution in [2.45, 2.75) is 75.4 Å². The topological polar surface area (TPSA) is 149 Å². The van der Waals surface area contributed by atoms with E-state index in [4.69, 9.17) is 18.9 Å². The minimum absolute atomic E-state index is 0.107. The normalized spacial score (nSPS) is 12.9. The fourth-order valence-corrected chi connectivity index (χ4v) is 8.46. The van der Waals surface area contributed by atoms with Crippen LogP contribution in [0.2, 0.25) is 0 Å². The summed E-state index contributed by atoms with van der Waals surface area (Å²) in [4.78, 5) is 61.7. The summed E-state index contributed by atoms with van der Waals surface area (Å²) in [5.41, 5.74) is 3.61. The molecule has 1 saturated heterocycles. The fraction of sp³-hybridized carbons (Fsp3) is 0.389. The highest BCUT2D eigenvalue weighted by Gasteiger charge is 2.30. The van der Waals surface area contributed by atoms with Gasteiger partial charge in [-0.05, 0) is 124 Å². The molecule has 2 N–H and O–H groups in total. The summed E-state index contributed by atoms with van der Waals surface area (Å²) < 4.78 is 61.8. The molecule has 378 valence electrons.